The predicted molar refractivity (Wildman–Crippen MR) is 113 cm³/mol. The Bertz CT molecular complexity index is 888. The van der Waals surface area contributed by atoms with Crippen LogP contribution < -0.4 is 18.9 Å². The maximum absolute atomic E-state index is 11.6. The second kappa shape index (κ2) is 7.67. The number of benzene rings is 2. The van der Waals surface area contributed by atoms with Crippen LogP contribution in [0.1, 0.15) is 31.2 Å². The molecular formula is C24H29NO5. The first-order valence-electron chi connectivity index (χ1n) is 10.7. The number of para-hydroxylation sites is 2. The molecule has 2 saturated heterocycles. The van der Waals surface area contributed by atoms with Crippen molar-refractivity contribution in [2.24, 2.45) is 0 Å². The van der Waals surface area contributed by atoms with Crippen LogP contribution in [0.5, 0.6) is 23.0 Å². The number of fused-ring (bicyclic) bond motifs is 3. The van der Waals surface area contributed by atoms with Gasteiger partial charge in [0.1, 0.15) is 18.5 Å². The second-order valence-electron chi connectivity index (χ2n) is 8.56. The van der Waals surface area contributed by atoms with Crippen molar-refractivity contribution in [2.45, 2.75) is 49.5 Å². The topological polar surface area (TPSA) is 60.4 Å². The van der Waals surface area contributed by atoms with E-state index in [2.05, 4.69) is 4.90 Å². The third kappa shape index (κ3) is 3.28. The molecule has 0 aliphatic carbocycles. The lowest BCUT2D eigenvalue weighted by atomic mass is 9.80. The number of methoxy groups -OCH3 is 2. The van der Waals surface area contributed by atoms with Gasteiger partial charge in [0, 0.05) is 24.2 Å². The van der Waals surface area contributed by atoms with Crippen molar-refractivity contribution in [2.75, 3.05) is 27.4 Å². The molecule has 1 N–H and O–H groups in total. The summed E-state index contributed by atoms with van der Waals surface area (Å²) < 4.78 is 23.2. The van der Waals surface area contributed by atoms with E-state index in [1.165, 1.54) is 0 Å². The molecule has 6 nitrogen and oxygen atoms in total. The summed E-state index contributed by atoms with van der Waals surface area (Å²) in [5, 5.41) is 11.6. The van der Waals surface area contributed by atoms with Crippen LogP contribution in [-0.4, -0.2) is 55.6 Å². The zero-order chi connectivity index (χ0) is 20.7. The number of piperidine rings is 1. The van der Waals surface area contributed by atoms with E-state index in [4.69, 9.17) is 18.9 Å². The summed E-state index contributed by atoms with van der Waals surface area (Å²) >= 11 is 0. The van der Waals surface area contributed by atoms with Crippen LogP contribution in [0.4, 0.5) is 0 Å². The van der Waals surface area contributed by atoms with Crippen LogP contribution in [0.25, 0.3) is 0 Å². The Morgan fingerprint density at radius 3 is 2.43 bits per heavy atom. The number of rotatable bonds is 5. The van der Waals surface area contributed by atoms with Gasteiger partial charge >= 0.3 is 0 Å². The van der Waals surface area contributed by atoms with Gasteiger partial charge in [0.15, 0.2) is 11.5 Å². The van der Waals surface area contributed by atoms with Crippen LogP contribution >= 0.6 is 0 Å². The lowest BCUT2D eigenvalue weighted by molar-refractivity contribution is -0.0698. The van der Waals surface area contributed by atoms with E-state index in [1.807, 2.05) is 42.5 Å². The zero-order valence-electron chi connectivity index (χ0n) is 17.5. The van der Waals surface area contributed by atoms with Crippen LogP contribution in [0.15, 0.2) is 42.5 Å². The maximum Gasteiger partial charge on any atom is 0.204 e. The molecule has 3 aliphatic heterocycles. The molecule has 2 aromatic rings. The van der Waals surface area contributed by atoms with Crippen molar-refractivity contribution in [3.8, 4) is 23.0 Å². The molecule has 2 aromatic carbocycles. The molecule has 2 bridgehead atoms. The fourth-order valence-electron chi connectivity index (χ4n) is 5.46. The molecule has 5 rings (SSSR count). The standard InChI is InChI=1S/C24H29NO5/c1-27-20-7-4-3-6-19(20)24(26)12-16-10-11-17(13-24)25(16)14-18-15-29-22-9-5-8-21(28-2)23(22)30-18/h3-9,16-18,26H,10-15H2,1-2H3/t16?,17?,18-,24?/m0/s1. The summed E-state index contributed by atoms with van der Waals surface area (Å²) in [4.78, 5) is 2.51. The van der Waals surface area contributed by atoms with Gasteiger partial charge in [0.25, 0.3) is 0 Å². The number of aliphatic hydroxyl groups is 1. The molecule has 0 saturated carbocycles. The summed E-state index contributed by atoms with van der Waals surface area (Å²) in [6, 6.07) is 14.2. The first-order valence-corrected chi connectivity index (χ1v) is 10.7. The molecule has 160 valence electrons. The monoisotopic (exact) mass is 411 g/mol. The van der Waals surface area contributed by atoms with Gasteiger partial charge in [-0.25, -0.2) is 0 Å². The van der Waals surface area contributed by atoms with Crippen molar-refractivity contribution in [1.82, 2.24) is 4.90 Å². The highest BCUT2D eigenvalue weighted by molar-refractivity contribution is 5.52. The summed E-state index contributed by atoms with van der Waals surface area (Å²) in [6.45, 7) is 1.31. The minimum Gasteiger partial charge on any atom is -0.496 e. The number of hydrogen-bond donors (Lipinski definition) is 1. The third-order valence-corrected chi connectivity index (χ3v) is 6.81. The first-order chi connectivity index (χ1) is 14.6. The van der Waals surface area contributed by atoms with Gasteiger partial charge in [-0.3, -0.25) is 4.90 Å². The Balaban J connectivity index is 1.32. The summed E-state index contributed by atoms with van der Waals surface area (Å²) in [6.07, 6.45) is 3.54. The molecule has 0 radical (unpaired) electrons. The Kier molecular flexibility index (Phi) is 4.99. The normalized spacial score (nSPS) is 30.2. The van der Waals surface area contributed by atoms with E-state index in [-0.39, 0.29) is 6.10 Å². The Hall–Kier alpha value is -2.44. The second-order valence-corrected chi connectivity index (χ2v) is 8.56. The highest BCUT2D eigenvalue weighted by atomic mass is 16.6. The number of nitrogens with zero attached hydrogens (tertiary/aromatic N) is 1. The zero-order valence-corrected chi connectivity index (χ0v) is 17.5. The van der Waals surface area contributed by atoms with Crippen molar-refractivity contribution in [1.29, 1.82) is 0 Å². The molecule has 2 unspecified atom stereocenters. The Morgan fingerprint density at radius 1 is 1.00 bits per heavy atom. The van der Waals surface area contributed by atoms with Crippen molar-refractivity contribution in [3.05, 3.63) is 48.0 Å². The minimum atomic E-state index is -0.853. The quantitative estimate of drug-likeness (QED) is 0.814. The van der Waals surface area contributed by atoms with E-state index < -0.39 is 5.60 Å². The maximum atomic E-state index is 11.6. The van der Waals surface area contributed by atoms with Crippen molar-refractivity contribution in [3.63, 3.8) is 0 Å². The van der Waals surface area contributed by atoms with E-state index in [0.717, 1.165) is 36.4 Å². The number of hydrogen-bond acceptors (Lipinski definition) is 6. The molecule has 0 spiro atoms. The summed E-state index contributed by atoms with van der Waals surface area (Å²) in [5.41, 5.74) is 0.0502. The molecule has 0 amide bonds. The van der Waals surface area contributed by atoms with Gasteiger partial charge < -0.3 is 24.1 Å². The first kappa shape index (κ1) is 19.5. The molecule has 6 heteroatoms. The van der Waals surface area contributed by atoms with Crippen LogP contribution in [0.2, 0.25) is 0 Å². The van der Waals surface area contributed by atoms with Gasteiger partial charge in [-0.05, 0) is 43.9 Å². The average Bonchev–Trinajstić information content (AvgIpc) is 3.02. The molecule has 0 aromatic heterocycles. The van der Waals surface area contributed by atoms with Gasteiger partial charge in [-0.2, -0.15) is 0 Å². The van der Waals surface area contributed by atoms with Gasteiger partial charge in [-0.1, -0.05) is 24.3 Å². The van der Waals surface area contributed by atoms with Crippen molar-refractivity contribution >= 4 is 0 Å². The van der Waals surface area contributed by atoms with Gasteiger partial charge in [0.05, 0.1) is 19.8 Å². The van der Waals surface area contributed by atoms with E-state index >= 15 is 0 Å². The third-order valence-electron chi connectivity index (χ3n) is 6.81. The predicted octanol–water partition coefficient (Wildman–Crippen LogP) is 3.36. The highest BCUT2D eigenvalue weighted by Crippen LogP contribution is 2.48. The lowest BCUT2D eigenvalue weighted by Gasteiger charge is -2.45. The summed E-state index contributed by atoms with van der Waals surface area (Å²) in [7, 11) is 3.31. The molecular weight excluding hydrogens is 382 g/mol. The molecule has 2 fully saturated rings. The van der Waals surface area contributed by atoms with E-state index in [1.54, 1.807) is 14.2 Å². The average molecular weight is 411 g/mol. The SMILES string of the molecule is COc1ccccc1C1(O)CC2CCC(C1)N2C[C@H]1COc2cccc(OC)c2O1. The smallest absolute Gasteiger partial charge is 0.204 e. The molecule has 3 heterocycles. The van der Waals surface area contributed by atoms with E-state index in [9.17, 15) is 5.11 Å². The Labute approximate surface area is 177 Å². The van der Waals surface area contributed by atoms with E-state index in [0.29, 0.717) is 43.0 Å². The number of ether oxygens (including phenoxy) is 4. The van der Waals surface area contributed by atoms with Crippen molar-refractivity contribution < 1.29 is 24.1 Å². The fraction of sp³-hybridized carbons (Fsp3) is 0.500. The molecule has 3 aliphatic rings. The highest BCUT2D eigenvalue weighted by Gasteiger charge is 2.49. The largest absolute Gasteiger partial charge is 0.496 e. The molecule has 3 atom stereocenters. The molecule has 30 heavy (non-hydrogen) atoms. The summed E-state index contributed by atoms with van der Waals surface area (Å²) in [5.74, 6) is 2.88. The lowest BCUT2D eigenvalue weighted by Crippen LogP contribution is -2.53. The van der Waals surface area contributed by atoms with Gasteiger partial charge in [-0.15, -0.1) is 0 Å². The Morgan fingerprint density at radius 2 is 1.70 bits per heavy atom. The van der Waals surface area contributed by atoms with Gasteiger partial charge in [0.2, 0.25) is 5.75 Å². The van der Waals surface area contributed by atoms with Crippen LogP contribution in [0, 0.1) is 0 Å². The van der Waals surface area contributed by atoms with Crippen LogP contribution in [-0.2, 0) is 5.60 Å². The van der Waals surface area contributed by atoms with Crippen LogP contribution in [0.3, 0.4) is 0 Å². The fourth-order valence-corrected chi connectivity index (χ4v) is 5.46. The minimum absolute atomic E-state index is 0.0608.